The smallest absolute Gasteiger partial charge is 0.311 e. The van der Waals surface area contributed by atoms with Crippen molar-refractivity contribution in [2.45, 2.75) is 38.9 Å². The first-order chi connectivity index (χ1) is 8.77. The number of hydrogen-bond acceptors (Lipinski definition) is 3. The second-order valence-electron chi connectivity index (χ2n) is 4.79. The number of esters is 1. The summed E-state index contributed by atoms with van der Waals surface area (Å²) in [6, 6.07) is 9.74. The zero-order chi connectivity index (χ0) is 12.8. The lowest BCUT2D eigenvalue weighted by atomic mass is 9.97. The summed E-state index contributed by atoms with van der Waals surface area (Å²) in [5.74, 6) is -0.334. The first-order valence-corrected chi connectivity index (χ1v) is 6.59. The SMILES string of the molecule is C[C@@H](C(=O)OCc1ccccc1)C1CCCCO1. The van der Waals surface area contributed by atoms with Crippen molar-refractivity contribution in [2.75, 3.05) is 6.61 Å². The van der Waals surface area contributed by atoms with Crippen LogP contribution < -0.4 is 0 Å². The molecule has 1 aliphatic rings. The second kappa shape index (κ2) is 6.55. The minimum Gasteiger partial charge on any atom is -0.461 e. The first-order valence-electron chi connectivity index (χ1n) is 6.59. The molecule has 0 radical (unpaired) electrons. The maximum absolute atomic E-state index is 11.9. The van der Waals surface area contributed by atoms with Crippen LogP contribution in [-0.4, -0.2) is 18.7 Å². The van der Waals surface area contributed by atoms with Crippen molar-refractivity contribution in [3.63, 3.8) is 0 Å². The predicted octanol–water partition coefficient (Wildman–Crippen LogP) is 2.94. The zero-order valence-electron chi connectivity index (χ0n) is 10.8. The lowest BCUT2D eigenvalue weighted by molar-refractivity contribution is -0.156. The van der Waals surface area contributed by atoms with Crippen LogP contribution in [0, 0.1) is 5.92 Å². The molecule has 1 aliphatic heterocycles. The molecule has 1 aromatic rings. The van der Waals surface area contributed by atoms with Gasteiger partial charge in [0.2, 0.25) is 0 Å². The van der Waals surface area contributed by atoms with Crippen LogP contribution in [0.5, 0.6) is 0 Å². The summed E-state index contributed by atoms with van der Waals surface area (Å²) >= 11 is 0. The van der Waals surface area contributed by atoms with Crippen molar-refractivity contribution in [3.8, 4) is 0 Å². The molecule has 0 aromatic heterocycles. The summed E-state index contributed by atoms with van der Waals surface area (Å²) in [5.41, 5.74) is 1.02. The highest BCUT2D eigenvalue weighted by Gasteiger charge is 2.27. The lowest BCUT2D eigenvalue weighted by Crippen LogP contribution is -2.32. The van der Waals surface area contributed by atoms with E-state index in [2.05, 4.69) is 0 Å². The van der Waals surface area contributed by atoms with Crippen LogP contribution in [-0.2, 0) is 20.9 Å². The van der Waals surface area contributed by atoms with Crippen molar-refractivity contribution < 1.29 is 14.3 Å². The topological polar surface area (TPSA) is 35.5 Å². The standard InChI is InChI=1S/C15H20O3/c1-12(14-9-5-6-10-17-14)15(16)18-11-13-7-3-2-4-8-13/h2-4,7-8,12,14H,5-6,9-11H2,1H3/t12-,14?/m1/s1. The van der Waals surface area contributed by atoms with E-state index in [0.29, 0.717) is 6.61 Å². The van der Waals surface area contributed by atoms with E-state index in [9.17, 15) is 4.79 Å². The molecule has 1 saturated heterocycles. The van der Waals surface area contributed by atoms with Crippen molar-refractivity contribution in [1.29, 1.82) is 0 Å². The third-order valence-electron chi connectivity index (χ3n) is 3.37. The summed E-state index contributed by atoms with van der Waals surface area (Å²) in [6.45, 7) is 3.00. The second-order valence-corrected chi connectivity index (χ2v) is 4.79. The monoisotopic (exact) mass is 248 g/mol. The Morgan fingerprint density at radius 2 is 2.17 bits per heavy atom. The molecule has 0 N–H and O–H groups in total. The minimum atomic E-state index is -0.172. The lowest BCUT2D eigenvalue weighted by Gasteiger charge is -2.26. The van der Waals surface area contributed by atoms with E-state index in [1.54, 1.807) is 0 Å². The fourth-order valence-corrected chi connectivity index (χ4v) is 2.17. The number of benzene rings is 1. The van der Waals surface area contributed by atoms with E-state index >= 15 is 0 Å². The van der Waals surface area contributed by atoms with Gasteiger partial charge < -0.3 is 9.47 Å². The maximum atomic E-state index is 11.9. The quantitative estimate of drug-likeness (QED) is 0.768. The third kappa shape index (κ3) is 3.57. The molecule has 2 rings (SSSR count). The highest BCUT2D eigenvalue weighted by Crippen LogP contribution is 2.21. The molecular weight excluding hydrogens is 228 g/mol. The highest BCUT2D eigenvalue weighted by atomic mass is 16.5. The zero-order valence-corrected chi connectivity index (χ0v) is 10.8. The van der Waals surface area contributed by atoms with Gasteiger partial charge in [0.1, 0.15) is 6.61 Å². The maximum Gasteiger partial charge on any atom is 0.311 e. The van der Waals surface area contributed by atoms with Crippen molar-refractivity contribution >= 4 is 5.97 Å². The first kappa shape index (κ1) is 13.1. The van der Waals surface area contributed by atoms with Gasteiger partial charge in [0.05, 0.1) is 12.0 Å². The fraction of sp³-hybridized carbons (Fsp3) is 0.533. The molecule has 1 heterocycles. The van der Waals surface area contributed by atoms with Gasteiger partial charge >= 0.3 is 5.97 Å². The molecule has 0 bridgehead atoms. The summed E-state index contributed by atoms with van der Waals surface area (Å²) in [7, 11) is 0. The van der Waals surface area contributed by atoms with E-state index in [-0.39, 0.29) is 18.0 Å². The Morgan fingerprint density at radius 3 is 2.83 bits per heavy atom. The Labute approximate surface area is 108 Å². The van der Waals surface area contributed by atoms with E-state index in [0.717, 1.165) is 31.4 Å². The Bertz CT molecular complexity index is 369. The number of carbonyl (C=O) groups excluding carboxylic acids is 1. The highest BCUT2D eigenvalue weighted by molar-refractivity contribution is 5.72. The third-order valence-corrected chi connectivity index (χ3v) is 3.37. The Kier molecular flexibility index (Phi) is 4.76. The normalized spacial score (nSPS) is 21.3. The van der Waals surface area contributed by atoms with Crippen LogP contribution in [0.1, 0.15) is 31.7 Å². The number of carbonyl (C=O) groups is 1. The molecule has 1 aromatic carbocycles. The van der Waals surface area contributed by atoms with Crippen LogP contribution in [0.25, 0.3) is 0 Å². The Hall–Kier alpha value is -1.35. The van der Waals surface area contributed by atoms with Gasteiger partial charge in [0, 0.05) is 6.61 Å². The van der Waals surface area contributed by atoms with Gasteiger partial charge in [-0.25, -0.2) is 0 Å². The van der Waals surface area contributed by atoms with Crippen molar-refractivity contribution in [1.82, 2.24) is 0 Å². The minimum absolute atomic E-state index is 0.0297. The van der Waals surface area contributed by atoms with Gasteiger partial charge in [-0.3, -0.25) is 4.79 Å². The van der Waals surface area contributed by atoms with Crippen molar-refractivity contribution in [3.05, 3.63) is 35.9 Å². The molecule has 1 unspecified atom stereocenters. The number of hydrogen-bond donors (Lipinski definition) is 0. The molecule has 0 saturated carbocycles. The summed E-state index contributed by atoms with van der Waals surface area (Å²) in [6.07, 6.45) is 3.23. The largest absolute Gasteiger partial charge is 0.461 e. The molecule has 0 amide bonds. The van der Waals surface area contributed by atoms with Gasteiger partial charge in [-0.15, -0.1) is 0 Å². The average Bonchev–Trinajstić information content (AvgIpc) is 2.46. The van der Waals surface area contributed by atoms with Gasteiger partial charge in [0.15, 0.2) is 0 Å². The molecular formula is C15H20O3. The molecule has 3 heteroatoms. The van der Waals surface area contributed by atoms with Crippen molar-refractivity contribution in [2.24, 2.45) is 5.92 Å². The van der Waals surface area contributed by atoms with Crippen LogP contribution in [0.15, 0.2) is 30.3 Å². The van der Waals surface area contributed by atoms with E-state index in [1.807, 2.05) is 37.3 Å². The molecule has 18 heavy (non-hydrogen) atoms. The molecule has 3 nitrogen and oxygen atoms in total. The Balaban J connectivity index is 1.80. The Morgan fingerprint density at radius 1 is 1.39 bits per heavy atom. The summed E-state index contributed by atoms with van der Waals surface area (Å²) < 4.78 is 10.9. The molecule has 1 fully saturated rings. The predicted molar refractivity (Wildman–Crippen MR) is 69.0 cm³/mol. The van der Waals surface area contributed by atoms with Gasteiger partial charge in [-0.2, -0.15) is 0 Å². The molecule has 0 spiro atoms. The van der Waals surface area contributed by atoms with Crippen LogP contribution in [0.2, 0.25) is 0 Å². The average molecular weight is 248 g/mol. The summed E-state index contributed by atoms with van der Waals surface area (Å²) in [4.78, 5) is 11.9. The fourth-order valence-electron chi connectivity index (χ4n) is 2.17. The van der Waals surface area contributed by atoms with Crippen LogP contribution in [0.4, 0.5) is 0 Å². The van der Waals surface area contributed by atoms with Gasteiger partial charge in [-0.1, -0.05) is 30.3 Å². The molecule has 2 atom stereocenters. The van der Waals surface area contributed by atoms with E-state index < -0.39 is 0 Å². The van der Waals surface area contributed by atoms with Crippen LogP contribution >= 0.6 is 0 Å². The summed E-state index contributed by atoms with van der Waals surface area (Å²) in [5, 5.41) is 0. The van der Waals surface area contributed by atoms with Crippen LogP contribution in [0.3, 0.4) is 0 Å². The molecule has 98 valence electrons. The van der Waals surface area contributed by atoms with Gasteiger partial charge in [-0.05, 0) is 31.7 Å². The number of ether oxygens (including phenoxy) is 2. The van der Waals surface area contributed by atoms with E-state index in [4.69, 9.17) is 9.47 Å². The van der Waals surface area contributed by atoms with Gasteiger partial charge in [0.25, 0.3) is 0 Å². The number of rotatable bonds is 4. The molecule has 0 aliphatic carbocycles. The van der Waals surface area contributed by atoms with E-state index in [1.165, 1.54) is 0 Å².